The van der Waals surface area contributed by atoms with Gasteiger partial charge in [0.15, 0.2) is 0 Å². The molecular formula is C14H22N4. The Labute approximate surface area is 109 Å². The maximum Gasteiger partial charge on any atom is 0.0727 e. The average molecular weight is 246 g/mol. The quantitative estimate of drug-likeness (QED) is 0.874. The van der Waals surface area contributed by atoms with Gasteiger partial charge in [0.1, 0.15) is 0 Å². The molecule has 0 spiro atoms. The first kappa shape index (κ1) is 12.1. The number of hydrogen-bond donors (Lipinski definition) is 1. The van der Waals surface area contributed by atoms with E-state index < -0.39 is 0 Å². The van der Waals surface area contributed by atoms with Crippen LogP contribution < -0.4 is 5.32 Å². The minimum atomic E-state index is 0.586. The highest BCUT2D eigenvalue weighted by atomic mass is 15.2. The highest BCUT2D eigenvalue weighted by molar-refractivity contribution is 5.02. The summed E-state index contributed by atoms with van der Waals surface area (Å²) in [4.78, 5) is 11.3. The van der Waals surface area contributed by atoms with Gasteiger partial charge in [0.2, 0.25) is 0 Å². The van der Waals surface area contributed by atoms with Gasteiger partial charge in [-0.15, -0.1) is 0 Å². The number of piperazine rings is 1. The molecule has 1 saturated carbocycles. The lowest BCUT2D eigenvalue weighted by Gasteiger charge is -2.38. The fourth-order valence-electron chi connectivity index (χ4n) is 2.69. The number of rotatable bonds is 3. The molecule has 1 N–H and O–H groups in total. The van der Waals surface area contributed by atoms with Crippen molar-refractivity contribution in [2.45, 2.75) is 45.3 Å². The van der Waals surface area contributed by atoms with Gasteiger partial charge in [-0.25, -0.2) is 0 Å². The van der Waals surface area contributed by atoms with Crippen LogP contribution in [0, 0.1) is 12.8 Å². The van der Waals surface area contributed by atoms with E-state index >= 15 is 0 Å². The third-order valence-corrected chi connectivity index (χ3v) is 4.12. The van der Waals surface area contributed by atoms with E-state index in [1.165, 1.54) is 12.8 Å². The lowest BCUT2D eigenvalue weighted by Crippen LogP contribution is -2.55. The Morgan fingerprint density at radius 3 is 2.83 bits per heavy atom. The highest BCUT2D eigenvalue weighted by Gasteiger charge is 2.35. The molecule has 0 amide bonds. The molecule has 2 heterocycles. The van der Waals surface area contributed by atoms with Gasteiger partial charge in [-0.3, -0.25) is 14.9 Å². The first-order valence-electron chi connectivity index (χ1n) is 6.97. The molecule has 4 nitrogen and oxygen atoms in total. The summed E-state index contributed by atoms with van der Waals surface area (Å²) in [5, 5.41) is 3.68. The fourth-order valence-corrected chi connectivity index (χ4v) is 2.69. The predicted molar refractivity (Wildman–Crippen MR) is 71.2 cm³/mol. The van der Waals surface area contributed by atoms with Crippen molar-refractivity contribution >= 4 is 0 Å². The fraction of sp³-hybridized carbons (Fsp3) is 0.714. The van der Waals surface area contributed by atoms with Crippen LogP contribution in [0.5, 0.6) is 0 Å². The van der Waals surface area contributed by atoms with Gasteiger partial charge in [-0.2, -0.15) is 0 Å². The molecule has 1 aromatic rings. The molecule has 3 rings (SSSR count). The van der Waals surface area contributed by atoms with Crippen molar-refractivity contribution in [3.63, 3.8) is 0 Å². The molecule has 2 fully saturated rings. The van der Waals surface area contributed by atoms with Gasteiger partial charge in [0.25, 0.3) is 0 Å². The Morgan fingerprint density at radius 2 is 2.17 bits per heavy atom. The van der Waals surface area contributed by atoms with Crippen LogP contribution in [0.1, 0.15) is 31.2 Å². The van der Waals surface area contributed by atoms with Gasteiger partial charge in [0.05, 0.1) is 11.4 Å². The van der Waals surface area contributed by atoms with Crippen LogP contribution in [-0.4, -0.2) is 40.0 Å². The molecular weight excluding hydrogens is 224 g/mol. The molecule has 0 aromatic carbocycles. The Morgan fingerprint density at radius 1 is 1.33 bits per heavy atom. The van der Waals surface area contributed by atoms with Crippen LogP contribution in [0.4, 0.5) is 0 Å². The zero-order valence-corrected chi connectivity index (χ0v) is 11.3. The molecule has 4 heteroatoms. The van der Waals surface area contributed by atoms with Gasteiger partial charge in [0, 0.05) is 44.1 Å². The molecule has 2 atom stereocenters. The zero-order chi connectivity index (χ0) is 12.5. The van der Waals surface area contributed by atoms with Crippen LogP contribution >= 0.6 is 0 Å². The topological polar surface area (TPSA) is 41.1 Å². The number of nitrogens with one attached hydrogen (secondary N) is 1. The minimum absolute atomic E-state index is 0.586. The number of nitrogens with zero attached hydrogens (tertiary/aromatic N) is 3. The summed E-state index contributed by atoms with van der Waals surface area (Å²) >= 11 is 0. The lowest BCUT2D eigenvalue weighted by molar-refractivity contribution is 0.123. The van der Waals surface area contributed by atoms with Crippen molar-refractivity contribution in [1.29, 1.82) is 0 Å². The summed E-state index contributed by atoms with van der Waals surface area (Å²) in [6.07, 6.45) is 6.59. The first-order chi connectivity index (χ1) is 8.72. The molecule has 18 heavy (non-hydrogen) atoms. The Kier molecular flexibility index (Phi) is 3.31. The molecule has 0 radical (unpaired) electrons. The smallest absolute Gasteiger partial charge is 0.0727 e. The van der Waals surface area contributed by atoms with E-state index in [9.17, 15) is 0 Å². The van der Waals surface area contributed by atoms with E-state index in [0.717, 1.165) is 36.9 Å². The average Bonchev–Trinajstić information content (AvgIpc) is 3.19. The molecule has 2 unspecified atom stereocenters. The normalized spacial score (nSPS) is 29.4. The van der Waals surface area contributed by atoms with Gasteiger partial charge in [-0.05, 0) is 32.6 Å². The summed E-state index contributed by atoms with van der Waals surface area (Å²) in [5.74, 6) is 0.920. The molecule has 1 aliphatic heterocycles. The maximum atomic E-state index is 4.47. The van der Waals surface area contributed by atoms with E-state index in [0.29, 0.717) is 12.1 Å². The van der Waals surface area contributed by atoms with Crippen molar-refractivity contribution in [2.75, 3.05) is 13.1 Å². The summed E-state index contributed by atoms with van der Waals surface area (Å²) in [5.41, 5.74) is 2.08. The minimum Gasteiger partial charge on any atom is -0.311 e. The molecule has 1 aliphatic carbocycles. The van der Waals surface area contributed by atoms with Crippen molar-refractivity contribution in [3.05, 3.63) is 23.8 Å². The van der Waals surface area contributed by atoms with Crippen LogP contribution in [-0.2, 0) is 6.54 Å². The van der Waals surface area contributed by atoms with E-state index in [-0.39, 0.29) is 0 Å². The molecule has 98 valence electrons. The van der Waals surface area contributed by atoms with E-state index in [4.69, 9.17) is 0 Å². The maximum absolute atomic E-state index is 4.47. The van der Waals surface area contributed by atoms with E-state index in [2.05, 4.69) is 27.1 Å². The molecule has 2 aliphatic rings. The first-order valence-corrected chi connectivity index (χ1v) is 6.97. The van der Waals surface area contributed by atoms with Gasteiger partial charge >= 0.3 is 0 Å². The van der Waals surface area contributed by atoms with E-state index in [1.54, 1.807) is 0 Å². The SMILES string of the molecule is Cc1cnc(CN2CC(C3CC3)NCC2C)cn1. The standard InChI is InChI=1S/C14H22N4/c1-10-5-16-13(7-15-10)8-18-9-14(12-3-4-12)17-6-11(18)2/h5,7,11-12,14,17H,3-4,6,8-9H2,1-2H3. The number of aromatic nitrogens is 2. The van der Waals surface area contributed by atoms with Crippen molar-refractivity contribution in [1.82, 2.24) is 20.2 Å². The Bertz CT molecular complexity index is 399. The van der Waals surface area contributed by atoms with Crippen LogP contribution in [0.25, 0.3) is 0 Å². The molecule has 0 bridgehead atoms. The summed E-state index contributed by atoms with van der Waals surface area (Å²) in [6, 6.07) is 1.28. The highest BCUT2D eigenvalue weighted by Crippen LogP contribution is 2.34. The third-order valence-electron chi connectivity index (χ3n) is 4.12. The third kappa shape index (κ3) is 2.70. The predicted octanol–water partition coefficient (Wildman–Crippen LogP) is 1.36. The summed E-state index contributed by atoms with van der Waals surface area (Å²) < 4.78 is 0. The second-order valence-electron chi connectivity index (χ2n) is 5.78. The number of aryl methyl sites for hydroxylation is 1. The van der Waals surface area contributed by atoms with E-state index in [1.807, 2.05) is 19.3 Å². The second-order valence-corrected chi connectivity index (χ2v) is 5.78. The Balaban J connectivity index is 1.64. The van der Waals surface area contributed by atoms with Crippen LogP contribution in [0.15, 0.2) is 12.4 Å². The van der Waals surface area contributed by atoms with Crippen molar-refractivity contribution in [3.8, 4) is 0 Å². The summed E-state index contributed by atoms with van der Waals surface area (Å²) in [6.45, 7) is 7.45. The van der Waals surface area contributed by atoms with Gasteiger partial charge < -0.3 is 5.32 Å². The largest absolute Gasteiger partial charge is 0.311 e. The van der Waals surface area contributed by atoms with Gasteiger partial charge in [-0.1, -0.05) is 0 Å². The number of hydrogen-bond acceptors (Lipinski definition) is 4. The van der Waals surface area contributed by atoms with Crippen molar-refractivity contribution < 1.29 is 0 Å². The van der Waals surface area contributed by atoms with Crippen LogP contribution in [0.3, 0.4) is 0 Å². The van der Waals surface area contributed by atoms with Crippen LogP contribution in [0.2, 0.25) is 0 Å². The molecule has 1 saturated heterocycles. The van der Waals surface area contributed by atoms with Crippen molar-refractivity contribution in [2.24, 2.45) is 5.92 Å². The molecule has 1 aromatic heterocycles. The Hall–Kier alpha value is -1.00. The second kappa shape index (κ2) is 4.94. The lowest BCUT2D eigenvalue weighted by atomic mass is 10.1. The summed E-state index contributed by atoms with van der Waals surface area (Å²) in [7, 11) is 0. The zero-order valence-electron chi connectivity index (χ0n) is 11.3. The monoisotopic (exact) mass is 246 g/mol.